The molecule has 0 radical (unpaired) electrons. The molecule has 1 aliphatic rings. The van der Waals surface area contributed by atoms with E-state index in [1.54, 1.807) is 0 Å². The van der Waals surface area contributed by atoms with Gasteiger partial charge in [-0.05, 0) is 31.0 Å². The van der Waals surface area contributed by atoms with Crippen molar-refractivity contribution in [3.05, 3.63) is 35.1 Å². The van der Waals surface area contributed by atoms with Crippen LogP contribution >= 0.6 is 0 Å². The van der Waals surface area contributed by atoms with Gasteiger partial charge < -0.3 is 10.4 Å². The van der Waals surface area contributed by atoms with E-state index >= 15 is 0 Å². The van der Waals surface area contributed by atoms with Gasteiger partial charge in [0.05, 0.1) is 5.56 Å². The van der Waals surface area contributed by atoms with Crippen LogP contribution < -0.4 is 5.32 Å². The van der Waals surface area contributed by atoms with Crippen LogP contribution in [0.15, 0.2) is 18.2 Å². The van der Waals surface area contributed by atoms with Crippen molar-refractivity contribution in [3.63, 3.8) is 0 Å². The molecule has 0 aliphatic heterocycles. The van der Waals surface area contributed by atoms with Crippen LogP contribution in [0.3, 0.4) is 0 Å². The van der Waals surface area contributed by atoms with Crippen LogP contribution in [0.25, 0.3) is 0 Å². The molecule has 0 atom stereocenters. The van der Waals surface area contributed by atoms with E-state index in [-0.39, 0.29) is 18.6 Å². The maximum Gasteiger partial charge on any atom is 0.252 e. The van der Waals surface area contributed by atoms with Crippen molar-refractivity contribution in [2.75, 3.05) is 6.61 Å². The van der Waals surface area contributed by atoms with Gasteiger partial charge in [0.2, 0.25) is 0 Å². The molecule has 3 nitrogen and oxygen atoms in total. The lowest BCUT2D eigenvalue weighted by Gasteiger charge is -2.05. The molecule has 88 valence electrons. The monoisotopic (exact) mass is 233 g/mol. The number of aliphatic hydroxyl groups excluding tert-OH is 1. The van der Waals surface area contributed by atoms with Crippen molar-refractivity contribution >= 4 is 5.91 Å². The molecule has 1 aliphatic carbocycles. The molecular formula is C13H12FNO2. The fourth-order valence-electron chi connectivity index (χ4n) is 1.44. The third-order valence-electron chi connectivity index (χ3n) is 2.44. The van der Waals surface area contributed by atoms with Gasteiger partial charge in [-0.2, -0.15) is 0 Å². The standard InChI is InChI=1S/C13H12FNO2/c14-10-3-6-12(9(8-10)2-1-7-16)13(17)15-11-4-5-11/h3,6,8,11,16H,4-5,7H2,(H,15,17). The van der Waals surface area contributed by atoms with Crippen LogP contribution in [0.1, 0.15) is 28.8 Å². The predicted molar refractivity (Wildman–Crippen MR) is 60.9 cm³/mol. The van der Waals surface area contributed by atoms with Crippen LogP contribution in [0, 0.1) is 17.7 Å². The maximum absolute atomic E-state index is 13.1. The Labute approximate surface area is 98.7 Å². The summed E-state index contributed by atoms with van der Waals surface area (Å²) in [5.41, 5.74) is 0.649. The minimum Gasteiger partial charge on any atom is -0.384 e. The van der Waals surface area contributed by atoms with Gasteiger partial charge in [-0.1, -0.05) is 11.8 Å². The highest BCUT2D eigenvalue weighted by Gasteiger charge is 2.24. The van der Waals surface area contributed by atoms with E-state index in [4.69, 9.17) is 5.11 Å². The van der Waals surface area contributed by atoms with Gasteiger partial charge in [-0.15, -0.1) is 0 Å². The van der Waals surface area contributed by atoms with Gasteiger partial charge in [0.15, 0.2) is 0 Å². The largest absolute Gasteiger partial charge is 0.384 e. The fraction of sp³-hybridized carbons (Fsp3) is 0.308. The number of amides is 1. The van der Waals surface area contributed by atoms with Crippen molar-refractivity contribution < 1.29 is 14.3 Å². The van der Waals surface area contributed by atoms with Crippen molar-refractivity contribution in [1.82, 2.24) is 5.32 Å². The van der Waals surface area contributed by atoms with Crippen molar-refractivity contribution in [2.24, 2.45) is 0 Å². The highest BCUT2D eigenvalue weighted by atomic mass is 19.1. The Kier molecular flexibility index (Phi) is 3.40. The summed E-state index contributed by atoms with van der Waals surface area (Å²) in [6.07, 6.45) is 1.98. The van der Waals surface area contributed by atoms with Gasteiger partial charge in [-0.3, -0.25) is 4.79 Å². The normalized spacial score (nSPS) is 13.8. The molecule has 17 heavy (non-hydrogen) atoms. The number of carbonyl (C=O) groups excluding carboxylic acids is 1. The molecule has 0 unspecified atom stereocenters. The Hall–Kier alpha value is -1.86. The summed E-state index contributed by atoms with van der Waals surface area (Å²) in [4.78, 5) is 11.8. The number of hydrogen-bond acceptors (Lipinski definition) is 2. The fourth-order valence-corrected chi connectivity index (χ4v) is 1.44. The molecule has 1 aromatic carbocycles. The number of benzene rings is 1. The second kappa shape index (κ2) is 4.98. The molecule has 0 aromatic heterocycles. The summed E-state index contributed by atoms with van der Waals surface area (Å²) < 4.78 is 13.1. The summed E-state index contributed by atoms with van der Waals surface area (Å²) in [6.45, 7) is -0.319. The number of carbonyl (C=O) groups is 1. The third kappa shape index (κ3) is 3.05. The van der Waals surface area contributed by atoms with Gasteiger partial charge in [-0.25, -0.2) is 4.39 Å². The predicted octanol–water partition coefficient (Wildman–Crippen LogP) is 1.06. The van der Waals surface area contributed by atoms with E-state index in [0.717, 1.165) is 12.8 Å². The van der Waals surface area contributed by atoms with E-state index in [9.17, 15) is 9.18 Å². The average Bonchev–Trinajstić information content (AvgIpc) is 3.10. The number of halogens is 1. The van der Waals surface area contributed by atoms with Crippen molar-refractivity contribution in [3.8, 4) is 11.8 Å². The minimum absolute atomic E-state index is 0.241. The molecule has 2 rings (SSSR count). The second-order valence-electron chi connectivity index (χ2n) is 3.90. The van der Waals surface area contributed by atoms with E-state index in [2.05, 4.69) is 17.2 Å². The number of hydrogen-bond donors (Lipinski definition) is 2. The Morgan fingerprint density at radius 2 is 2.29 bits per heavy atom. The maximum atomic E-state index is 13.1. The topological polar surface area (TPSA) is 49.3 Å². The third-order valence-corrected chi connectivity index (χ3v) is 2.44. The zero-order valence-corrected chi connectivity index (χ0v) is 9.16. The van der Waals surface area contributed by atoms with Crippen LogP contribution in [0.5, 0.6) is 0 Å². The molecule has 4 heteroatoms. The van der Waals surface area contributed by atoms with Gasteiger partial charge in [0.25, 0.3) is 5.91 Å². The summed E-state index contributed by atoms with van der Waals surface area (Å²) in [7, 11) is 0. The molecule has 1 saturated carbocycles. The zero-order chi connectivity index (χ0) is 12.3. The van der Waals surface area contributed by atoms with Crippen LogP contribution in [-0.2, 0) is 0 Å². The quantitative estimate of drug-likeness (QED) is 0.750. The Morgan fingerprint density at radius 3 is 2.94 bits per heavy atom. The first-order chi connectivity index (χ1) is 8.20. The first kappa shape index (κ1) is 11.6. The Bertz CT molecular complexity index is 498. The summed E-state index contributed by atoms with van der Waals surface area (Å²) in [5, 5.41) is 11.4. The lowest BCUT2D eigenvalue weighted by Crippen LogP contribution is -2.26. The molecule has 1 fully saturated rings. The molecule has 1 amide bonds. The van der Waals surface area contributed by atoms with E-state index in [1.807, 2.05) is 0 Å². The van der Waals surface area contributed by atoms with Crippen LogP contribution in [0.4, 0.5) is 4.39 Å². The number of nitrogens with one attached hydrogen (secondary N) is 1. The van der Waals surface area contributed by atoms with Crippen molar-refractivity contribution in [2.45, 2.75) is 18.9 Å². The van der Waals surface area contributed by atoms with E-state index < -0.39 is 5.82 Å². The highest BCUT2D eigenvalue weighted by Crippen LogP contribution is 2.20. The second-order valence-corrected chi connectivity index (χ2v) is 3.90. The molecule has 0 heterocycles. The molecule has 2 N–H and O–H groups in total. The first-order valence-corrected chi connectivity index (χ1v) is 5.41. The van der Waals surface area contributed by atoms with Crippen LogP contribution in [-0.4, -0.2) is 23.7 Å². The van der Waals surface area contributed by atoms with Crippen LogP contribution in [0.2, 0.25) is 0 Å². The average molecular weight is 233 g/mol. The molecule has 1 aromatic rings. The molecule has 0 saturated heterocycles. The summed E-state index contributed by atoms with van der Waals surface area (Å²) in [5.74, 6) is 4.30. The molecule has 0 spiro atoms. The zero-order valence-electron chi connectivity index (χ0n) is 9.16. The minimum atomic E-state index is -0.449. The Balaban J connectivity index is 2.27. The first-order valence-electron chi connectivity index (χ1n) is 5.41. The molecule has 0 bridgehead atoms. The summed E-state index contributed by atoms with van der Waals surface area (Å²) >= 11 is 0. The van der Waals surface area contributed by atoms with E-state index in [0.29, 0.717) is 11.1 Å². The number of rotatable bonds is 2. The molecular weight excluding hydrogens is 221 g/mol. The lowest BCUT2D eigenvalue weighted by molar-refractivity contribution is 0.0951. The van der Waals surface area contributed by atoms with Crippen molar-refractivity contribution in [1.29, 1.82) is 0 Å². The van der Waals surface area contributed by atoms with Gasteiger partial charge in [0, 0.05) is 11.6 Å². The lowest BCUT2D eigenvalue weighted by atomic mass is 10.1. The van der Waals surface area contributed by atoms with E-state index in [1.165, 1.54) is 18.2 Å². The highest BCUT2D eigenvalue weighted by molar-refractivity contribution is 5.97. The number of aliphatic hydroxyl groups is 1. The van der Waals surface area contributed by atoms with Gasteiger partial charge >= 0.3 is 0 Å². The summed E-state index contributed by atoms with van der Waals surface area (Å²) in [6, 6.07) is 4.08. The smallest absolute Gasteiger partial charge is 0.252 e. The SMILES string of the molecule is O=C(NC1CC1)c1ccc(F)cc1C#CCO. The Morgan fingerprint density at radius 1 is 1.53 bits per heavy atom. The van der Waals surface area contributed by atoms with Gasteiger partial charge in [0.1, 0.15) is 12.4 Å².